The summed E-state index contributed by atoms with van der Waals surface area (Å²) in [6, 6.07) is 0.225. The minimum absolute atomic E-state index is 0.205. The summed E-state index contributed by atoms with van der Waals surface area (Å²) in [5, 5.41) is 6.63. The Morgan fingerprint density at radius 3 is 2.63 bits per heavy atom. The van der Waals surface area contributed by atoms with Crippen molar-refractivity contribution in [3.05, 3.63) is 5.56 Å². The summed E-state index contributed by atoms with van der Waals surface area (Å²) in [7, 11) is 1.59. The summed E-state index contributed by atoms with van der Waals surface area (Å²) >= 11 is 1.23. The number of hydrogen-bond acceptors (Lipinski definition) is 6. The second-order valence-corrected chi connectivity index (χ2v) is 5.16. The van der Waals surface area contributed by atoms with Crippen LogP contribution in [-0.4, -0.2) is 47.9 Å². The number of anilines is 2. The van der Waals surface area contributed by atoms with E-state index in [-0.39, 0.29) is 17.8 Å². The molecule has 0 saturated heterocycles. The maximum atomic E-state index is 11.8. The van der Waals surface area contributed by atoms with E-state index in [0.29, 0.717) is 5.56 Å². The van der Waals surface area contributed by atoms with Crippen molar-refractivity contribution >= 4 is 28.3 Å². The summed E-state index contributed by atoms with van der Waals surface area (Å²) in [6.07, 6.45) is 0. The summed E-state index contributed by atoms with van der Waals surface area (Å²) in [5.74, 6) is 0.0747. The monoisotopic (exact) mass is 285 g/mol. The van der Waals surface area contributed by atoms with Crippen molar-refractivity contribution in [3.8, 4) is 0 Å². The average Bonchev–Trinajstić information content (AvgIpc) is 2.76. The molecule has 7 heteroatoms. The number of nitrogens with one attached hydrogen (secondary N) is 2. The normalized spacial score (nSPS) is 12.5. The molecule has 6 nitrogen and oxygen atoms in total. The van der Waals surface area contributed by atoms with Crippen molar-refractivity contribution in [1.29, 1.82) is 0 Å². The molecule has 1 heterocycles. The third-order valence-corrected chi connectivity index (χ3v) is 3.77. The molecule has 1 atom stereocenters. The predicted octanol–water partition coefficient (Wildman–Crippen LogP) is 1.23. The second kappa shape index (κ2) is 7.30. The first-order valence-corrected chi connectivity index (χ1v) is 7.26. The van der Waals surface area contributed by atoms with Gasteiger partial charge in [-0.1, -0.05) is 13.8 Å². The maximum absolute atomic E-state index is 11.8. The fourth-order valence-corrected chi connectivity index (χ4v) is 2.71. The fraction of sp³-hybridized carbons (Fsp3) is 0.667. The molecule has 0 spiro atoms. The number of carbonyl (C=O) groups excluding carboxylic acids is 1. The lowest BCUT2D eigenvalue weighted by molar-refractivity contribution is 0.0965. The highest BCUT2D eigenvalue weighted by molar-refractivity contribution is 7.11. The molecule has 0 radical (unpaired) electrons. The predicted molar refractivity (Wildman–Crippen MR) is 80.8 cm³/mol. The Balaban J connectivity index is 2.74. The minimum atomic E-state index is -0.205. The number of nitrogen functional groups attached to an aromatic ring is 1. The average molecular weight is 285 g/mol. The van der Waals surface area contributed by atoms with E-state index in [1.165, 1.54) is 11.5 Å². The van der Waals surface area contributed by atoms with Crippen LogP contribution in [0.4, 0.5) is 10.8 Å². The molecule has 0 aliphatic heterocycles. The van der Waals surface area contributed by atoms with Crippen LogP contribution in [0.1, 0.15) is 31.1 Å². The van der Waals surface area contributed by atoms with E-state index < -0.39 is 0 Å². The van der Waals surface area contributed by atoms with E-state index in [1.807, 2.05) is 0 Å². The number of nitrogens with two attached hydrogens (primary N) is 1. The van der Waals surface area contributed by atoms with E-state index in [9.17, 15) is 4.79 Å². The highest BCUT2D eigenvalue weighted by Crippen LogP contribution is 2.27. The second-order valence-electron chi connectivity index (χ2n) is 4.38. The molecule has 108 valence electrons. The topological polar surface area (TPSA) is 83.3 Å². The number of likely N-dealkylation sites (N-methyl/N-ethyl adjacent to an activating group) is 1. The molecule has 1 unspecified atom stereocenters. The first-order chi connectivity index (χ1) is 9.03. The molecule has 0 aromatic carbocycles. The Morgan fingerprint density at radius 2 is 2.11 bits per heavy atom. The third-order valence-electron chi connectivity index (χ3n) is 2.98. The Morgan fingerprint density at radius 1 is 1.47 bits per heavy atom. The van der Waals surface area contributed by atoms with Crippen molar-refractivity contribution in [3.63, 3.8) is 0 Å². The molecule has 1 amide bonds. The van der Waals surface area contributed by atoms with Gasteiger partial charge in [0.25, 0.3) is 5.91 Å². The lowest BCUT2D eigenvalue weighted by atomic mass is 10.2. The van der Waals surface area contributed by atoms with Gasteiger partial charge >= 0.3 is 0 Å². The molecule has 1 rings (SSSR count). The number of amides is 1. The highest BCUT2D eigenvalue weighted by Gasteiger charge is 2.19. The molecule has 1 aromatic rings. The Labute approximate surface area is 118 Å². The molecule has 0 fully saturated rings. The smallest absolute Gasteiger partial charge is 0.257 e. The van der Waals surface area contributed by atoms with Gasteiger partial charge < -0.3 is 21.3 Å². The lowest BCUT2D eigenvalue weighted by Gasteiger charge is -2.23. The van der Waals surface area contributed by atoms with Crippen LogP contribution in [0.15, 0.2) is 0 Å². The van der Waals surface area contributed by atoms with E-state index in [2.05, 4.69) is 40.7 Å². The van der Waals surface area contributed by atoms with Gasteiger partial charge in [-0.3, -0.25) is 4.79 Å². The van der Waals surface area contributed by atoms with Crippen LogP contribution in [-0.2, 0) is 0 Å². The minimum Gasteiger partial charge on any atom is -0.382 e. The van der Waals surface area contributed by atoms with Crippen LogP contribution in [0.2, 0.25) is 0 Å². The van der Waals surface area contributed by atoms with Crippen molar-refractivity contribution in [2.75, 3.05) is 37.7 Å². The molecule has 4 N–H and O–H groups in total. The molecule has 0 bridgehead atoms. The quantitative estimate of drug-likeness (QED) is 0.702. The van der Waals surface area contributed by atoms with Gasteiger partial charge in [-0.15, -0.1) is 0 Å². The van der Waals surface area contributed by atoms with Crippen LogP contribution in [0.3, 0.4) is 0 Å². The number of aromatic nitrogens is 1. The largest absolute Gasteiger partial charge is 0.382 e. The zero-order valence-electron chi connectivity index (χ0n) is 12.0. The Hall–Kier alpha value is -1.34. The summed E-state index contributed by atoms with van der Waals surface area (Å²) < 4.78 is 4.04. The third kappa shape index (κ3) is 4.07. The highest BCUT2D eigenvalue weighted by atomic mass is 32.1. The van der Waals surface area contributed by atoms with Crippen molar-refractivity contribution in [2.45, 2.75) is 26.8 Å². The van der Waals surface area contributed by atoms with Gasteiger partial charge in [0, 0.05) is 19.6 Å². The van der Waals surface area contributed by atoms with Crippen LogP contribution < -0.4 is 16.4 Å². The molecule has 0 aliphatic carbocycles. The number of rotatable bonds is 7. The Bertz CT molecular complexity index is 416. The summed E-state index contributed by atoms with van der Waals surface area (Å²) in [5.41, 5.74) is 6.18. The van der Waals surface area contributed by atoms with Crippen LogP contribution in [0.5, 0.6) is 0 Å². The molecule has 0 aliphatic rings. The van der Waals surface area contributed by atoms with Gasteiger partial charge in [-0.05, 0) is 31.5 Å². The van der Waals surface area contributed by atoms with E-state index >= 15 is 0 Å². The standard InChI is InChI=1S/C12H23N5OS/c1-5-17(6-2)7-8(3)15-12-9(11(18)14-4)10(13)16-19-12/h8,15H,5-7H2,1-4H3,(H2,13,16)(H,14,18). The molecular weight excluding hydrogens is 262 g/mol. The van der Waals surface area contributed by atoms with Crippen molar-refractivity contribution in [1.82, 2.24) is 14.6 Å². The van der Waals surface area contributed by atoms with Crippen molar-refractivity contribution < 1.29 is 4.79 Å². The first kappa shape index (κ1) is 15.7. The SMILES string of the molecule is CCN(CC)CC(C)Nc1snc(N)c1C(=O)NC. The zero-order valence-corrected chi connectivity index (χ0v) is 12.8. The Kier molecular flexibility index (Phi) is 6.04. The molecule has 19 heavy (non-hydrogen) atoms. The summed E-state index contributed by atoms with van der Waals surface area (Å²) in [6.45, 7) is 9.29. The molecule has 1 aromatic heterocycles. The van der Waals surface area contributed by atoms with Crippen LogP contribution in [0, 0.1) is 0 Å². The van der Waals surface area contributed by atoms with E-state index in [4.69, 9.17) is 5.73 Å². The van der Waals surface area contributed by atoms with Crippen molar-refractivity contribution in [2.24, 2.45) is 0 Å². The zero-order chi connectivity index (χ0) is 14.4. The number of carbonyl (C=O) groups is 1. The van der Waals surface area contributed by atoms with Crippen LogP contribution in [0.25, 0.3) is 0 Å². The molecule has 0 saturated carbocycles. The van der Waals surface area contributed by atoms with E-state index in [0.717, 1.165) is 24.6 Å². The van der Waals surface area contributed by atoms with Gasteiger partial charge in [0.15, 0.2) is 5.82 Å². The molecular formula is C12H23N5OS. The fourth-order valence-electron chi connectivity index (χ4n) is 1.88. The summed E-state index contributed by atoms with van der Waals surface area (Å²) in [4.78, 5) is 14.1. The van der Waals surface area contributed by atoms with Gasteiger partial charge in [0.1, 0.15) is 10.6 Å². The number of hydrogen-bond donors (Lipinski definition) is 3. The van der Waals surface area contributed by atoms with E-state index in [1.54, 1.807) is 7.05 Å². The van der Waals surface area contributed by atoms with Crippen LogP contribution >= 0.6 is 11.5 Å². The lowest BCUT2D eigenvalue weighted by Crippen LogP contribution is -2.35. The van der Waals surface area contributed by atoms with Gasteiger partial charge in [0.2, 0.25) is 0 Å². The maximum Gasteiger partial charge on any atom is 0.257 e. The number of nitrogens with zero attached hydrogens (tertiary/aromatic N) is 2. The van der Waals surface area contributed by atoms with Gasteiger partial charge in [0.05, 0.1) is 0 Å². The van der Waals surface area contributed by atoms with Gasteiger partial charge in [-0.25, -0.2) is 0 Å². The van der Waals surface area contributed by atoms with Gasteiger partial charge in [-0.2, -0.15) is 4.37 Å². The first-order valence-electron chi connectivity index (χ1n) is 6.49.